The summed E-state index contributed by atoms with van der Waals surface area (Å²) in [4.78, 5) is -14.7. The van der Waals surface area contributed by atoms with Crippen molar-refractivity contribution in [3.63, 3.8) is 0 Å². The van der Waals surface area contributed by atoms with Crippen molar-refractivity contribution in [3.8, 4) is 0 Å². The Morgan fingerprint density at radius 3 is 0.959 bits per heavy atom. The second kappa shape index (κ2) is 12.0. The number of halogens is 22. The van der Waals surface area contributed by atoms with Crippen molar-refractivity contribution in [1.82, 2.24) is 0 Å². The molecule has 49 heavy (non-hydrogen) atoms. The van der Waals surface area contributed by atoms with Crippen LogP contribution in [0.5, 0.6) is 0 Å². The summed E-state index contributed by atoms with van der Waals surface area (Å²) in [7, 11) is -13.1. The third-order valence-electron chi connectivity index (χ3n) is 5.91. The zero-order valence-corrected chi connectivity index (χ0v) is 23.0. The normalized spacial score (nSPS) is 13.6. The maximum atomic E-state index is 15.3. The van der Waals surface area contributed by atoms with Crippen molar-refractivity contribution in [1.29, 1.82) is 0 Å². The van der Waals surface area contributed by atoms with Crippen molar-refractivity contribution < 1.29 is 110 Å². The molecule has 0 aliphatic heterocycles. The first-order chi connectivity index (χ1) is 21.8. The van der Waals surface area contributed by atoms with E-state index in [1.807, 2.05) is 0 Å². The average Bonchev–Trinajstić information content (AvgIpc) is 2.97. The molecule has 0 saturated carbocycles. The molecule has 0 aromatic heterocycles. The summed E-state index contributed by atoms with van der Waals surface area (Å²) in [5.41, 5.74) is -4.62. The van der Waals surface area contributed by atoms with Crippen LogP contribution in [0.25, 0.3) is 0 Å². The van der Waals surface area contributed by atoms with Gasteiger partial charge in [-0.2, -0.15) is 69.9 Å². The van der Waals surface area contributed by atoms with Crippen molar-refractivity contribution >= 4 is 21.0 Å². The summed E-state index contributed by atoms with van der Waals surface area (Å²) in [6, 6.07) is 0. The molecule has 272 valence electrons. The smallest absolute Gasteiger partial charge is 0.282 e. The molecular formula is C22HF22O3S2+. The van der Waals surface area contributed by atoms with E-state index in [-0.39, 0.29) is 0 Å². The molecule has 0 spiro atoms. The van der Waals surface area contributed by atoms with E-state index in [0.717, 1.165) is 0 Å². The summed E-state index contributed by atoms with van der Waals surface area (Å²) < 4.78 is 346. The molecule has 3 nitrogen and oxygen atoms in total. The van der Waals surface area contributed by atoms with Crippen LogP contribution in [0.4, 0.5) is 96.6 Å². The van der Waals surface area contributed by atoms with Gasteiger partial charge >= 0.3 is 23.9 Å². The van der Waals surface area contributed by atoms with Crippen LogP contribution in [-0.2, 0) is 26.9 Å². The van der Waals surface area contributed by atoms with Crippen LogP contribution in [0.3, 0.4) is 0 Å². The molecule has 0 heterocycles. The molecule has 0 saturated heterocycles. The highest BCUT2D eigenvalue weighted by atomic mass is 32.2. The van der Waals surface area contributed by atoms with Gasteiger partial charge in [0.2, 0.25) is 78.7 Å². The molecule has 0 unspecified atom stereocenters. The van der Waals surface area contributed by atoms with Gasteiger partial charge in [0.05, 0.1) is 5.56 Å². The molecule has 3 aromatic carbocycles. The Morgan fingerprint density at radius 2 is 0.673 bits per heavy atom. The minimum Gasteiger partial charge on any atom is -0.282 e. The van der Waals surface area contributed by atoms with Crippen LogP contribution in [-0.4, -0.2) is 31.0 Å². The first-order valence-electron chi connectivity index (χ1n) is 11.0. The number of rotatable bonds is 7. The van der Waals surface area contributed by atoms with Crippen LogP contribution < -0.4 is 0 Å². The molecular weight excluding hydrogens is 794 g/mol. The molecule has 27 heteroatoms. The average molecular weight is 795 g/mol. The van der Waals surface area contributed by atoms with Crippen molar-refractivity contribution in [3.05, 3.63) is 81.2 Å². The molecule has 0 amide bonds. The second-order valence-electron chi connectivity index (χ2n) is 8.78. The van der Waals surface area contributed by atoms with Crippen LogP contribution in [0.15, 0.2) is 19.6 Å². The lowest BCUT2D eigenvalue weighted by atomic mass is 9.96. The molecule has 0 aliphatic carbocycles. The van der Waals surface area contributed by atoms with Crippen molar-refractivity contribution in [2.75, 3.05) is 0 Å². The highest BCUT2D eigenvalue weighted by molar-refractivity contribution is 7.97. The number of benzene rings is 3. The highest BCUT2D eigenvalue weighted by Crippen LogP contribution is 2.59. The first kappa shape index (κ1) is 39.8. The Labute approximate surface area is 255 Å². The topological polar surface area (TPSA) is 54.4 Å². The number of alkyl halides is 9. The maximum absolute atomic E-state index is 15.3. The molecule has 0 bridgehead atoms. The summed E-state index contributed by atoms with van der Waals surface area (Å²) in [6.07, 6.45) is -7.87. The Balaban J connectivity index is 2.90. The molecule has 0 radical (unpaired) electrons. The Hall–Kier alpha value is -3.62. The van der Waals surface area contributed by atoms with Gasteiger partial charge in [-0.1, -0.05) is 0 Å². The molecule has 3 aromatic rings. The van der Waals surface area contributed by atoms with E-state index < -0.39 is 146 Å². The number of hydrogen-bond acceptors (Lipinski definition) is 2. The maximum Gasteiger partial charge on any atom is 0.460 e. The van der Waals surface area contributed by atoms with E-state index in [4.69, 9.17) is 0 Å². The molecule has 0 aliphatic rings. The quantitative estimate of drug-likeness (QED) is 0.0857. The summed E-state index contributed by atoms with van der Waals surface area (Å²) in [5, 5.41) is 0. The van der Waals surface area contributed by atoms with Gasteiger partial charge in [0.1, 0.15) is 10.9 Å². The van der Waals surface area contributed by atoms with Crippen molar-refractivity contribution in [2.45, 2.75) is 43.5 Å². The van der Waals surface area contributed by atoms with Crippen LogP contribution >= 0.6 is 0 Å². The standard InChI is InChI=1S/C22F22O3S2/c23-2-1(19(36,37)20(38,39)21(40,41)22(42,43)44)18(49(45,46)47)17(14(35)3(2)24)48(15-10(31)6(27)4(25)7(28)11(15)32)16-12(33)8(29)5(26)9(30)13(16)34/p+1. The van der Waals surface area contributed by atoms with Gasteiger partial charge < -0.3 is 0 Å². The largest absolute Gasteiger partial charge is 0.460 e. The van der Waals surface area contributed by atoms with E-state index in [1.165, 1.54) is 0 Å². The fraction of sp³-hybridized carbons (Fsp3) is 0.182. The fourth-order valence-electron chi connectivity index (χ4n) is 3.69. The van der Waals surface area contributed by atoms with Crippen LogP contribution in [0.2, 0.25) is 0 Å². The first-order valence-corrected chi connectivity index (χ1v) is 13.7. The van der Waals surface area contributed by atoms with E-state index in [9.17, 15) is 105 Å². The van der Waals surface area contributed by atoms with Gasteiger partial charge in [-0.3, -0.25) is 4.55 Å². The molecule has 0 fully saturated rings. The zero-order chi connectivity index (χ0) is 38.5. The SMILES string of the molecule is O=S(=O)(O)c1c([S+](c2c(F)c(F)c(F)c(F)c2F)c2c(F)c(F)c(F)c(F)c2F)c(F)c(F)c(F)c1C(F)(F)C(F)(F)C(F)(F)C(F)(F)F. The summed E-state index contributed by atoms with van der Waals surface area (Å²) >= 11 is 0. The van der Waals surface area contributed by atoms with E-state index in [0.29, 0.717) is 0 Å². The van der Waals surface area contributed by atoms with Gasteiger partial charge in [-0.25, -0.2) is 35.1 Å². The molecule has 0 atom stereocenters. The lowest BCUT2D eigenvalue weighted by Gasteiger charge is -2.34. The Kier molecular flexibility index (Phi) is 9.76. The Bertz CT molecular complexity index is 1880. The van der Waals surface area contributed by atoms with Crippen LogP contribution in [0.1, 0.15) is 5.56 Å². The van der Waals surface area contributed by atoms with E-state index in [2.05, 4.69) is 0 Å². The summed E-state index contributed by atoms with van der Waals surface area (Å²) in [5.74, 6) is -72.2. The minimum atomic E-state index is -8.35. The Morgan fingerprint density at radius 1 is 0.408 bits per heavy atom. The minimum absolute atomic E-state index is 3.35. The third-order valence-corrected chi connectivity index (χ3v) is 9.28. The second-order valence-corrected chi connectivity index (χ2v) is 12.0. The summed E-state index contributed by atoms with van der Waals surface area (Å²) in [6.45, 7) is 0. The van der Waals surface area contributed by atoms with Gasteiger partial charge in [-0.05, 0) is 0 Å². The number of hydrogen-bond donors (Lipinski definition) is 1. The molecule has 3 rings (SSSR count). The van der Waals surface area contributed by atoms with Crippen molar-refractivity contribution in [2.24, 2.45) is 0 Å². The van der Waals surface area contributed by atoms with E-state index in [1.54, 1.807) is 0 Å². The van der Waals surface area contributed by atoms with Crippen LogP contribution in [0, 0.1) is 75.6 Å². The third kappa shape index (κ3) is 5.59. The predicted molar refractivity (Wildman–Crippen MR) is 111 cm³/mol. The van der Waals surface area contributed by atoms with Gasteiger partial charge in [0.15, 0.2) is 16.5 Å². The van der Waals surface area contributed by atoms with E-state index >= 15 is 4.39 Å². The zero-order valence-electron chi connectivity index (χ0n) is 21.4. The predicted octanol–water partition coefficient (Wildman–Crippen LogP) is 8.76. The fourth-order valence-corrected chi connectivity index (χ4v) is 7.30. The lowest BCUT2D eigenvalue weighted by molar-refractivity contribution is -0.400. The van der Waals surface area contributed by atoms with Gasteiger partial charge in [-0.15, -0.1) is 0 Å². The molecule has 1 N–H and O–H groups in total. The lowest BCUT2D eigenvalue weighted by Crippen LogP contribution is -2.60. The van der Waals surface area contributed by atoms with Gasteiger partial charge in [0, 0.05) is 0 Å². The van der Waals surface area contributed by atoms with Gasteiger partial charge in [0.25, 0.3) is 10.1 Å². The highest BCUT2D eigenvalue weighted by Gasteiger charge is 2.83. The monoisotopic (exact) mass is 795 g/mol.